The second-order valence-corrected chi connectivity index (χ2v) is 5.66. The molecule has 0 saturated carbocycles. The minimum Gasteiger partial charge on any atom is -0.462 e. The Labute approximate surface area is 153 Å². The van der Waals surface area contributed by atoms with Gasteiger partial charge in [0, 0.05) is 0 Å². The molecule has 0 aliphatic rings. The van der Waals surface area contributed by atoms with Gasteiger partial charge in [-0.2, -0.15) is 4.99 Å². The summed E-state index contributed by atoms with van der Waals surface area (Å²) in [4.78, 5) is 27.8. The summed E-state index contributed by atoms with van der Waals surface area (Å²) in [7, 11) is 0. The zero-order valence-corrected chi connectivity index (χ0v) is 14.9. The highest BCUT2D eigenvalue weighted by Gasteiger charge is 2.15. The lowest BCUT2D eigenvalue weighted by Gasteiger charge is -2.07. The fraction of sp³-hybridized carbons (Fsp3) is 0.286. The summed E-state index contributed by atoms with van der Waals surface area (Å²) in [6.45, 7) is 2.06. The molecule has 0 saturated heterocycles. The van der Waals surface area contributed by atoms with Gasteiger partial charge in [0.05, 0.1) is 6.61 Å². The van der Waals surface area contributed by atoms with Crippen molar-refractivity contribution in [2.24, 2.45) is 4.99 Å². The van der Waals surface area contributed by atoms with Gasteiger partial charge in [-0.1, -0.05) is 60.7 Å². The molecular formula is C21H23NO4. The minimum atomic E-state index is -0.781. The first-order valence-electron chi connectivity index (χ1n) is 8.68. The highest BCUT2D eigenvalue weighted by Crippen LogP contribution is 2.08. The van der Waals surface area contributed by atoms with Crippen LogP contribution in [-0.4, -0.2) is 24.4 Å². The number of ether oxygens (including phenoxy) is 2. The van der Waals surface area contributed by atoms with Crippen molar-refractivity contribution in [3.63, 3.8) is 0 Å². The van der Waals surface area contributed by atoms with Crippen LogP contribution in [0.2, 0.25) is 0 Å². The first kappa shape index (κ1) is 19.4. The average Bonchev–Trinajstić information content (AvgIpc) is 2.67. The third-order valence-electron chi connectivity index (χ3n) is 3.66. The molecule has 0 aromatic heterocycles. The van der Waals surface area contributed by atoms with Gasteiger partial charge in [0.25, 0.3) is 0 Å². The highest BCUT2D eigenvalue weighted by molar-refractivity contribution is 6.37. The number of carbonyl (C=O) groups is 2. The van der Waals surface area contributed by atoms with Crippen LogP contribution < -0.4 is 0 Å². The molecule has 0 radical (unpaired) electrons. The van der Waals surface area contributed by atoms with E-state index in [0.717, 1.165) is 12.0 Å². The Balaban J connectivity index is 1.92. The second kappa shape index (κ2) is 10.8. The zero-order chi connectivity index (χ0) is 18.6. The van der Waals surface area contributed by atoms with Crippen LogP contribution in [0, 0.1) is 0 Å². The summed E-state index contributed by atoms with van der Waals surface area (Å²) >= 11 is 0. The smallest absolute Gasteiger partial charge is 0.434 e. The van der Waals surface area contributed by atoms with E-state index < -0.39 is 12.1 Å². The molecule has 2 aromatic rings. The predicted octanol–water partition coefficient (Wildman–Crippen LogP) is 4.35. The Morgan fingerprint density at radius 1 is 0.885 bits per heavy atom. The van der Waals surface area contributed by atoms with Crippen LogP contribution in [0.15, 0.2) is 65.7 Å². The Morgan fingerprint density at radius 3 is 2.12 bits per heavy atom. The van der Waals surface area contributed by atoms with Gasteiger partial charge in [0.2, 0.25) is 0 Å². The molecule has 26 heavy (non-hydrogen) atoms. The van der Waals surface area contributed by atoms with Crippen LogP contribution in [0.5, 0.6) is 0 Å². The summed E-state index contributed by atoms with van der Waals surface area (Å²) in [6, 6.07) is 19.2. The highest BCUT2D eigenvalue weighted by atomic mass is 16.5. The van der Waals surface area contributed by atoms with Gasteiger partial charge in [-0.15, -0.1) is 0 Å². The Hall–Kier alpha value is -2.95. The predicted molar refractivity (Wildman–Crippen MR) is 100 cm³/mol. The summed E-state index contributed by atoms with van der Waals surface area (Å²) in [5, 5.41) is 0. The van der Waals surface area contributed by atoms with Gasteiger partial charge in [0.1, 0.15) is 12.3 Å². The van der Waals surface area contributed by atoms with Crippen molar-refractivity contribution in [1.29, 1.82) is 0 Å². The lowest BCUT2D eigenvalue weighted by molar-refractivity contribution is -0.135. The number of carbonyl (C=O) groups excluding carboxylic acids is 2. The maximum atomic E-state index is 12.0. The van der Waals surface area contributed by atoms with Crippen LogP contribution in [0.25, 0.3) is 0 Å². The van der Waals surface area contributed by atoms with E-state index in [4.69, 9.17) is 9.47 Å². The van der Waals surface area contributed by atoms with Crippen LogP contribution >= 0.6 is 0 Å². The standard InChI is InChI=1S/C21H23NO4/c1-2-25-20(23)19(15-9-14-17-10-5-3-6-11-17)22-21(24)26-16-18-12-7-4-8-13-18/h3-8,10-13H,2,9,14-16H2,1H3. The normalized spacial score (nSPS) is 11.0. The molecule has 0 atom stereocenters. The fourth-order valence-corrected chi connectivity index (χ4v) is 2.38. The van der Waals surface area contributed by atoms with E-state index in [-0.39, 0.29) is 18.9 Å². The number of amides is 1. The summed E-state index contributed by atoms with van der Waals surface area (Å²) in [5.41, 5.74) is 2.13. The number of nitrogens with zero attached hydrogens (tertiary/aromatic N) is 1. The average molecular weight is 353 g/mol. The van der Waals surface area contributed by atoms with Crippen molar-refractivity contribution >= 4 is 17.8 Å². The Bertz CT molecular complexity index is 726. The Morgan fingerprint density at radius 2 is 1.50 bits per heavy atom. The van der Waals surface area contributed by atoms with Crippen molar-refractivity contribution < 1.29 is 19.1 Å². The fourth-order valence-electron chi connectivity index (χ4n) is 2.38. The number of hydrogen-bond acceptors (Lipinski definition) is 4. The Kier molecular flexibility index (Phi) is 8.06. The molecule has 0 aliphatic heterocycles. The SMILES string of the molecule is CCOC(=O)C(CCCc1ccccc1)=NC(=O)OCc1ccccc1. The molecule has 0 fully saturated rings. The van der Waals surface area contributed by atoms with E-state index in [0.29, 0.717) is 12.8 Å². The van der Waals surface area contributed by atoms with Crippen LogP contribution in [-0.2, 0) is 27.3 Å². The van der Waals surface area contributed by atoms with Crippen molar-refractivity contribution in [3.8, 4) is 0 Å². The molecule has 0 spiro atoms. The lowest BCUT2D eigenvalue weighted by Crippen LogP contribution is -2.20. The molecule has 0 unspecified atom stereocenters. The number of aryl methyl sites for hydroxylation is 1. The third kappa shape index (κ3) is 6.89. The largest absolute Gasteiger partial charge is 0.462 e. The molecule has 136 valence electrons. The second-order valence-electron chi connectivity index (χ2n) is 5.66. The van der Waals surface area contributed by atoms with Gasteiger partial charge >= 0.3 is 12.1 Å². The van der Waals surface area contributed by atoms with Gasteiger partial charge in [-0.25, -0.2) is 9.59 Å². The van der Waals surface area contributed by atoms with Crippen LogP contribution in [0.3, 0.4) is 0 Å². The maximum Gasteiger partial charge on any atom is 0.434 e. The van der Waals surface area contributed by atoms with E-state index in [2.05, 4.69) is 4.99 Å². The molecule has 1 amide bonds. The molecular weight excluding hydrogens is 330 g/mol. The number of benzene rings is 2. The molecule has 2 aromatic carbocycles. The van der Waals surface area contributed by atoms with Crippen molar-refractivity contribution in [2.45, 2.75) is 32.8 Å². The quantitative estimate of drug-likeness (QED) is 0.523. The van der Waals surface area contributed by atoms with Crippen molar-refractivity contribution in [2.75, 3.05) is 6.61 Å². The van der Waals surface area contributed by atoms with Gasteiger partial charge in [-0.05, 0) is 37.3 Å². The molecule has 5 heteroatoms. The molecule has 0 N–H and O–H groups in total. The first-order chi connectivity index (χ1) is 12.7. The molecule has 2 rings (SSSR count). The number of hydrogen-bond donors (Lipinski definition) is 0. The minimum absolute atomic E-state index is 0.0980. The number of esters is 1. The van der Waals surface area contributed by atoms with Gasteiger partial charge in [-0.3, -0.25) is 0 Å². The summed E-state index contributed by atoms with van der Waals surface area (Å²) in [5.74, 6) is -0.572. The molecule has 0 aliphatic carbocycles. The van der Waals surface area contributed by atoms with Gasteiger partial charge in [0.15, 0.2) is 0 Å². The third-order valence-corrected chi connectivity index (χ3v) is 3.66. The van der Waals surface area contributed by atoms with Crippen LogP contribution in [0.4, 0.5) is 4.79 Å². The summed E-state index contributed by atoms with van der Waals surface area (Å²) < 4.78 is 10.1. The molecule has 0 bridgehead atoms. The molecule has 0 heterocycles. The monoisotopic (exact) mass is 353 g/mol. The molecule has 5 nitrogen and oxygen atoms in total. The van der Waals surface area contributed by atoms with Crippen molar-refractivity contribution in [1.82, 2.24) is 0 Å². The first-order valence-corrected chi connectivity index (χ1v) is 8.68. The lowest BCUT2D eigenvalue weighted by atomic mass is 10.1. The van der Waals surface area contributed by atoms with E-state index in [1.807, 2.05) is 60.7 Å². The number of rotatable bonds is 8. The van der Waals surface area contributed by atoms with E-state index in [1.54, 1.807) is 6.92 Å². The summed E-state index contributed by atoms with van der Waals surface area (Å²) in [6.07, 6.45) is 1.05. The van der Waals surface area contributed by atoms with Gasteiger partial charge < -0.3 is 9.47 Å². The maximum absolute atomic E-state index is 12.0. The zero-order valence-electron chi connectivity index (χ0n) is 14.9. The van der Waals surface area contributed by atoms with Crippen molar-refractivity contribution in [3.05, 3.63) is 71.8 Å². The topological polar surface area (TPSA) is 65.0 Å². The van der Waals surface area contributed by atoms with Crippen LogP contribution in [0.1, 0.15) is 30.9 Å². The van der Waals surface area contributed by atoms with E-state index >= 15 is 0 Å². The number of aliphatic imine (C=N–C) groups is 1. The van der Waals surface area contributed by atoms with E-state index in [9.17, 15) is 9.59 Å². The van der Waals surface area contributed by atoms with E-state index in [1.165, 1.54) is 5.56 Å².